The Morgan fingerprint density at radius 1 is 1.10 bits per heavy atom. The maximum absolute atomic E-state index is 13.2. The van der Waals surface area contributed by atoms with Crippen LogP contribution >= 0.6 is 0 Å². The van der Waals surface area contributed by atoms with Gasteiger partial charge >= 0.3 is 0 Å². The highest BCUT2D eigenvalue weighted by atomic mass is 16.1. The highest BCUT2D eigenvalue weighted by Gasteiger charge is 2.33. The van der Waals surface area contributed by atoms with Gasteiger partial charge in [0.15, 0.2) is 5.65 Å². The topological polar surface area (TPSA) is 63.1 Å². The van der Waals surface area contributed by atoms with Crippen LogP contribution in [0.15, 0.2) is 12.3 Å². The smallest absolute Gasteiger partial charge is 0.252 e. The average Bonchev–Trinajstić information content (AvgIpc) is 3.41. The zero-order chi connectivity index (χ0) is 19.8. The van der Waals surface area contributed by atoms with Crippen LogP contribution in [0.1, 0.15) is 79.9 Å². The number of fused-ring (bicyclic) bond motifs is 2. The molecule has 3 aliphatic rings. The molecule has 0 aromatic carbocycles. The number of nitrogens with one attached hydrogen (secondary N) is 1. The number of carbonyl (C=O) groups is 1. The summed E-state index contributed by atoms with van der Waals surface area (Å²) < 4.78 is 2.06. The second kappa shape index (κ2) is 8.05. The number of carbonyl (C=O) groups excluding carboxylic acids is 1. The van der Waals surface area contributed by atoms with Crippen LogP contribution in [0.4, 0.5) is 0 Å². The molecular weight excluding hydrogens is 362 g/mol. The van der Waals surface area contributed by atoms with Crippen LogP contribution in [0.2, 0.25) is 0 Å². The van der Waals surface area contributed by atoms with Gasteiger partial charge in [-0.05, 0) is 70.5 Å². The molecule has 6 heteroatoms. The zero-order valence-electron chi connectivity index (χ0n) is 17.6. The number of amides is 1. The van der Waals surface area contributed by atoms with Gasteiger partial charge in [0, 0.05) is 18.3 Å². The SMILES string of the molecule is Cc1cc(C(=O)NC[C@@H]2CCCN3CCCC[C@H]23)c2cnn(C3CCCC3)c2n1. The van der Waals surface area contributed by atoms with Gasteiger partial charge in [-0.3, -0.25) is 4.79 Å². The van der Waals surface area contributed by atoms with Crippen LogP contribution in [0, 0.1) is 12.8 Å². The van der Waals surface area contributed by atoms with Crippen molar-refractivity contribution in [2.24, 2.45) is 5.92 Å². The van der Waals surface area contributed by atoms with Crippen LogP contribution in [-0.2, 0) is 0 Å². The van der Waals surface area contributed by atoms with Crippen molar-refractivity contribution < 1.29 is 4.79 Å². The van der Waals surface area contributed by atoms with Crippen molar-refractivity contribution in [2.75, 3.05) is 19.6 Å². The van der Waals surface area contributed by atoms with Crippen molar-refractivity contribution in [1.82, 2.24) is 25.0 Å². The molecule has 6 nitrogen and oxygen atoms in total. The van der Waals surface area contributed by atoms with Gasteiger partial charge in [-0.1, -0.05) is 19.3 Å². The maximum Gasteiger partial charge on any atom is 0.252 e. The fraction of sp³-hybridized carbons (Fsp3) is 0.696. The standard InChI is InChI=1S/C23H33N5O/c1-16-13-19(20-15-25-28(22(20)26-16)18-8-2-3-9-18)23(29)24-14-17-7-6-12-27-11-5-4-10-21(17)27/h13,15,17-18,21H,2-12,14H2,1H3,(H,24,29)/t17-,21+/m0/s1. The minimum absolute atomic E-state index is 0.0272. The van der Waals surface area contributed by atoms with Crippen LogP contribution in [0.25, 0.3) is 11.0 Å². The number of hydrogen-bond acceptors (Lipinski definition) is 4. The molecule has 2 saturated heterocycles. The zero-order valence-corrected chi connectivity index (χ0v) is 17.6. The van der Waals surface area contributed by atoms with Crippen molar-refractivity contribution in [3.63, 3.8) is 0 Å². The lowest BCUT2D eigenvalue weighted by atomic mass is 9.83. The van der Waals surface area contributed by atoms with E-state index >= 15 is 0 Å². The summed E-state index contributed by atoms with van der Waals surface area (Å²) >= 11 is 0. The van der Waals surface area contributed by atoms with Gasteiger partial charge in [0.2, 0.25) is 0 Å². The van der Waals surface area contributed by atoms with Crippen molar-refractivity contribution in [2.45, 2.75) is 76.8 Å². The van der Waals surface area contributed by atoms with E-state index < -0.39 is 0 Å². The second-order valence-electron chi connectivity index (χ2n) is 9.29. The number of aromatic nitrogens is 3. The summed E-state index contributed by atoms with van der Waals surface area (Å²) in [4.78, 5) is 20.6. The number of pyridine rings is 1. The van der Waals surface area contributed by atoms with Crippen LogP contribution < -0.4 is 5.32 Å². The van der Waals surface area contributed by atoms with E-state index in [0.29, 0.717) is 18.0 Å². The molecule has 29 heavy (non-hydrogen) atoms. The third kappa shape index (κ3) is 3.67. The van der Waals surface area contributed by atoms with Gasteiger partial charge in [0.25, 0.3) is 5.91 Å². The summed E-state index contributed by atoms with van der Waals surface area (Å²) in [7, 11) is 0. The quantitative estimate of drug-likeness (QED) is 0.854. The third-order valence-corrected chi connectivity index (χ3v) is 7.36. The first-order valence-electron chi connectivity index (χ1n) is 11.6. The molecule has 1 amide bonds. The minimum Gasteiger partial charge on any atom is -0.352 e. The van der Waals surface area contributed by atoms with E-state index in [1.54, 1.807) is 0 Å². The Kier molecular flexibility index (Phi) is 5.29. The molecule has 1 N–H and O–H groups in total. The molecular formula is C23H33N5O. The van der Waals surface area contributed by atoms with Crippen molar-refractivity contribution in [3.8, 4) is 0 Å². The summed E-state index contributed by atoms with van der Waals surface area (Å²) in [5.74, 6) is 0.604. The highest BCUT2D eigenvalue weighted by molar-refractivity contribution is 6.05. The minimum atomic E-state index is 0.0272. The van der Waals surface area contributed by atoms with E-state index in [2.05, 4.69) is 20.0 Å². The Hall–Kier alpha value is -1.95. The number of hydrogen-bond donors (Lipinski definition) is 1. The summed E-state index contributed by atoms with van der Waals surface area (Å²) in [6.45, 7) is 5.22. The molecule has 3 fully saturated rings. The normalized spacial score (nSPS) is 26.0. The highest BCUT2D eigenvalue weighted by Crippen LogP contribution is 2.33. The van der Waals surface area contributed by atoms with E-state index in [9.17, 15) is 4.79 Å². The predicted molar refractivity (Wildman–Crippen MR) is 114 cm³/mol. The van der Waals surface area contributed by atoms with Crippen LogP contribution in [0.5, 0.6) is 0 Å². The van der Waals surface area contributed by atoms with Gasteiger partial charge in [-0.25, -0.2) is 9.67 Å². The number of aryl methyl sites for hydroxylation is 1. The Morgan fingerprint density at radius 2 is 1.90 bits per heavy atom. The first kappa shape index (κ1) is 19.0. The molecule has 2 atom stereocenters. The lowest BCUT2D eigenvalue weighted by Crippen LogP contribution is -2.51. The van der Waals surface area contributed by atoms with Gasteiger partial charge in [-0.15, -0.1) is 0 Å². The average molecular weight is 396 g/mol. The Bertz CT molecular complexity index is 883. The first-order chi connectivity index (χ1) is 14.2. The molecule has 156 valence electrons. The molecule has 4 heterocycles. The van der Waals surface area contributed by atoms with Crippen molar-refractivity contribution >= 4 is 16.9 Å². The Balaban J connectivity index is 1.34. The van der Waals surface area contributed by atoms with E-state index in [-0.39, 0.29) is 5.91 Å². The van der Waals surface area contributed by atoms with Crippen LogP contribution in [0.3, 0.4) is 0 Å². The largest absolute Gasteiger partial charge is 0.352 e. The van der Waals surface area contributed by atoms with Gasteiger partial charge in [-0.2, -0.15) is 5.10 Å². The fourth-order valence-corrected chi connectivity index (χ4v) is 5.88. The molecule has 2 aliphatic heterocycles. The molecule has 2 aromatic heterocycles. The summed E-state index contributed by atoms with van der Waals surface area (Å²) in [5.41, 5.74) is 2.49. The lowest BCUT2D eigenvalue weighted by Gasteiger charge is -2.44. The molecule has 0 unspecified atom stereocenters. The molecule has 0 bridgehead atoms. The number of piperidine rings is 2. The van der Waals surface area contributed by atoms with Gasteiger partial charge in [0.1, 0.15) is 0 Å². The molecule has 1 saturated carbocycles. The third-order valence-electron chi connectivity index (χ3n) is 7.36. The van der Waals surface area contributed by atoms with Crippen molar-refractivity contribution in [3.05, 3.63) is 23.5 Å². The number of rotatable bonds is 4. The van der Waals surface area contributed by atoms with Gasteiger partial charge < -0.3 is 10.2 Å². The molecule has 5 rings (SSSR count). The Morgan fingerprint density at radius 3 is 2.76 bits per heavy atom. The van der Waals surface area contributed by atoms with Gasteiger partial charge in [0.05, 0.1) is 23.2 Å². The Labute approximate surface area is 173 Å². The second-order valence-corrected chi connectivity index (χ2v) is 9.29. The monoisotopic (exact) mass is 395 g/mol. The van der Waals surface area contributed by atoms with E-state index in [4.69, 9.17) is 4.98 Å². The fourth-order valence-electron chi connectivity index (χ4n) is 5.88. The molecule has 1 aliphatic carbocycles. The molecule has 0 spiro atoms. The molecule has 0 radical (unpaired) electrons. The predicted octanol–water partition coefficient (Wildman–Crippen LogP) is 3.85. The van der Waals surface area contributed by atoms with E-state index in [0.717, 1.165) is 41.7 Å². The summed E-state index contributed by atoms with van der Waals surface area (Å²) in [6.07, 6.45) is 13.1. The van der Waals surface area contributed by atoms with Crippen LogP contribution in [-0.4, -0.2) is 51.2 Å². The van der Waals surface area contributed by atoms with E-state index in [1.165, 1.54) is 58.0 Å². The lowest BCUT2D eigenvalue weighted by molar-refractivity contribution is 0.0576. The first-order valence-corrected chi connectivity index (χ1v) is 11.6. The van der Waals surface area contributed by atoms with E-state index in [1.807, 2.05) is 19.2 Å². The maximum atomic E-state index is 13.2. The summed E-state index contributed by atoms with van der Waals surface area (Å²) in [6, 6.07) is 3.01. The number of nitrogens with zero attached hydrogens (tertiary/aromatic N) is 4. The van der Waals surface area contributed by atoms with Crippen molar-refractivity contribution in [1.29, 1.82) is 0 Å². The summed E-state index contributed by atoms with van der Waals surface area (Å²) in [5, 5.41) is 8.79. The molecule has 2 aromatic rings.